The number of nitrogens with one attached hydrogen (secondary N) is 1. The van der Waals surface area contributed by atoms with Gasteiger partial charge in [-0.05, 0) is 11.6 Å². The van der Waals surface area contributed by atoms with Crippen LogP contribution in [-0.4, -0.2) is 20.6 Å². The van der Waals surface area contributed by atoms with Gasteiger partial charge in [0, 0.05) is 28.7 Å². The van der Waals surface area contributed by atoms with Crippen LogP contribution in [0, 0.1) is 0 Å². The molecule has 0 saturated heterocycles. The van der Waals surface area contributed by atoms with Crippen LogP contribution in [0.2, 0.25) is 0 Å². The number of nitrogens with zero attached hydrogens (tertiary/aromatic N) is 2. The second-order valence-corrected chi connectivity index (χ2v) is 6.37. The molecule has 0 bridgehead atoms. The van der Waals surface area contributed by atoms with Crippen molar-refractivity contribution in [2.45, 2.75) is 32.1 Å². The van der Waals surface area contributed by atoms with Gasteiger partial charge in [0.15, 0.2) is 5.82 Å². The van der Waals surface area contributed by atoms with E-state index in [1.54, 1.807) is 6.26 Å². The Labute approximate surface area is 121 Å². The third-order valence-electron chi connectivity index (χ3n) is 2.79. The number of aromatic nitrogens is 2. The normalized spacial score (nSPS) is 12.6. The maximum atomic E-state index is 11.4. The smallest absolute Gasteiger partial charge is 0.229 e. The van der Waals surface area contributed by atoms with E-state index in [-0.39, 0.29) is 5.92 Å². The zero-order valence-electron chi connectivity index (χ0n) is 11.9. The van der Waals surface area contributed by atoms with E-state index in [0.717, 1.165) is 11.3 Å². The van der Waals surface area contributed by atoms with Crippen molar-refractivity contribution in [3.05, 3.63) is 41.5 Å². The van der Waals surface area contributed by atoms with Gasteiger partial charge in [-0.1, -0.05) is 37.2 Å². The lowest BCUT2D eigenvalue weighted by atomic mass is 10.2. The molecule has 0 radical (unpaired) electrons. The maximum Gasteiger partial charge on any atom is 0.229 e. The predicted molar refractivity (Wildman–Crippen MR) is 79.9 cm³/mol. The molecular weight excluding hydrogens is 274 g/mol. The first-order valence-corrected chi connectivity index (χ1v) is 8.23. The van der Waals surface area contributed by atoms with Gasteiger partial charge in [0.05, 0.1) is 12.3 Å². The SMILES string of the molecule is CC(C)c1nc(CNc2ccccc2C[S@@](C)=O)no1. The first-order chi connectivity index (χ1) is 9.56. The van der Waals surface area contributed by atoms with Crippen molar-refractivity contribution in [3.8, 4) is 0 Å². The van der Waals surface area contributed by atoms with Crippen LogP contribution in [0.15, 0.2) is 28.8 Å². The van der Waals surface area contributed by atoms with E-state index < -0.39 is 10.8 Å². The second kappa shape index (κ2) is 6.65. The predicted octanol–water partition coefficient (Wildman–Crippen LogP) is 2.68. The zero-order chi connectivity index (χ0) is 14.5. The molecule has 2 rings (SSSR count). The largest absolute Gasteiger partial charge is 0.377 e. The number of benzene rings is 1. The topological polar surface area (TPSA) is 68.0 Å². The van der Waals surface area contributed by atoms with Crippen LogP contribution in [0.5, 0.6) is 0 Å². The third-order valence-corrected chi connectivity index (χ3v) is 3.51. The van der Waals surface area contributed by atoms with Crippen LogP contribution >= 0.6 is 0 Å². The molecule has 0 aliphatic rings. The van der Waals surface area contributed by atoms with E-state index >= 15 is 0 Å². The number of hydrogen-bond acceptors (Lipinski definition) is 5. The van der Waals surface area contributed by atoms with Gasteiger partial charge in [0.1, 0.15) is 0 Å². The summed E-state index contributed by atoms with van der Waals surface area (Å²) in [6, 6.07) is 7.82. The molecule has 1 aromatic carbocycles. The number of rotatable bonds is 6. The molecule has 20 heavy (non-hydrogen) atoms. The highest BCUT2D eigenvalue weighted by molar-refractivity contribution is 7.83. The average molecular weight is 293 g/mol. The number of para-hydroxylation sites is 1. The molecule has 1 atom stereocenters. The Morgan fingerprint density at radius 2 is 2.10 bits per heavy atom. The highest BCUT2D eigenvalue weighted by atomic mass is 32.2. The molecule has 1 N–H and O–H groups in total. The van der Waals surface area contributed by atoms with Gasteiger partial charge < -0.3 is 9.84 Å². The quantitative estimate of drug-likeness (QED) is 0.887. The van der Waals surface area contributed by atoms with Gasteiger partial charge in [-0.15, -0.1) is 0 Å². The van der Waals surface area contributed by atoms with E-state index in [1.165, 1.54) is 0 Å². The number of hydrogen-bond donors (Lipinski definition) is 1. The van der Waals surface area contributed by atoms with E-state index in [0.29, 0.717) is 24.0 Å². The van der Waals surface area contributed by atoms with Gasteiger partial charge in [-0.25, -0.2) is 0 Å². The molecule has 2 aromatic rings. The van der Waals surface area contributed by atoms with Gasteiger partial charge >= 0.3 is 0 Å². The Bertz CT molecular complexity index is 596. The number of anilines is 1. The summed E-state index contributed by atoms with van der Waals surface area (Å²) in [5.74, 6) is 2.03. The fraction of sp³-hybridized carbons (Fsp3) is 0.429. The van der Waals surface area contributed by atoms with Crippen LogP contribution in [0.3, 0.4) is 0 Å². The van der Waals surface area contributed by atoms with Gasteiger partial charge in [0.25, 0.3) is 0 Å². The summed E-state index contributed by atoms with van der Waals surface area (Å²) in [4.78, 5) is 4.32. The molecule has 0 aliphatic heterocycles. The molecule has 0 spiro atoms. The molecule has 1 heterocycles. The summed E-state index contributed by atoms with van der Waals surface area (Å²) >= 11 is 0. The van der Waals surface area contributed by atoms with Crippen molar-refractivity contribution in [3.63, 3.8) is 0 Å². The van der Waals surface area contributed by atoms with Crippen LogP contribution in [0.1, 0.15) is 37.0 Å². The summed E-state index contributed by atoms with van der Waals surface area (Å²) in [5.41, 5.74) is 1.99. The molecule has 6 heteroatoms. The Kier molecular flexibility index (Phi) is 4.89. The van der Waals surface area contributed by atoms with E-state index in [1.807, 2.05) is 38.1 Å². The maximum absolute atomic E-state index is 11.4. The monoisotopic (exact) mass is 293 g/mol. The second-order valence-electron chi connectivity index (χ2n) is 4.93. The fourth-order valence-electron chi connectivity index (χ4n) is 1.79. The summed E-state index contributed by atoms with van der Waals surface area (Å²) in [7, 11) is -0.867. The molecule has 0 aliphatic carbocycles. The van der Waals surface area contributed by atoms with Crippen LogP contribution in [-0.2, 0) is 23.1 Å². The lowest BCUT2D eigenvalue weighted by Gasteiger charge is -2.09. The summed E-state index contributed by atoms with van der Waals surface area (Å²) in [6.45, 7) is 4.51. The Morgan fingerprint density at radius 3 is 2.75 bits per heavy atom. The van der Waals surface area contributed by atoms with Crippen molar-refractivity contribution in [2.24, 2.45) is 0 Å². The van der Waals surface area contributed by atoms with Gasteiger partial charge in [0.2, 0.25) is 5.89 Å². The molecule has 0 saturated carbocycles. The molecule has 108 valence electrons. The van der Waals surface area contributed by atoms with E-state index in [9.17, 15) is 4.21 Å². The van der Waals surface area contributed by atoms with Crippen molar-refractivity contribution in [1.82, 2.24) is 10.1 Å². The van der Waals surface area contributed by atoms with E-state index in [4.69, 9.17) is 4.52 Å². The summed E-state index contributed by atoms with van der Waals surface area (Å²) < 4.78 is 16.5. The fourth-order valence-corrected chi connectivity index (χ4v) is 2.48. The van der Waals surface area contributed by atoms with Crippen LogP contribution in [0.25, 0.3) is 0 Å². The van der Waals surface area contributed by atoms with Crippen molar-refractivity contribution in [2.75, 3.05) is 11.6 Å². The Hall–Kier alpha value is -1.69. The summed E-state index contributed by atoms with van der Waals surface area (Å²) in [5, 5.41) is 7.20. The first-order valence-electron chi connectivity index (χ1n) is 6.50. The minimum Gasteiger partial charge on any atom is -0.377 e. The van der Waals surface area contributed by atoms with Crippen molar-refractivity contribution < 1.29 is 8.73 Å². The van der Waals surface area contributed by atoms with Gasteiger partial charge in [-0.2, -0.15) is 4.98 Å². The lowest BCUT2D eigenvalue weighted by molar-refractivity contribution is 0.361. The van der Waals surface area contributed by atoms with Crippen molar-refractivity contribution >= 4 is 16.5 Å². The zero-order valence-corrected chi connectivity index (χ0v) is 12.7. The molecule has 0 unspecified atom stereocenters. The van der Waals surface area contributed by atoms with Gasteiger partial charge in [-0.3, -0.25) is 4.21 Å². The average Bonchev–Trinajstić information content (AvgIpc) is 2.86. The summed E-state index contributed by atoms with van der Waals surface area (Å²) in [6.07, 6.45) is 1.70. The molecule has 0 amide bonds. The molecule has 5 nitrogen and oxygen atoms in total. The lowest BCUT2D eigenvalue weighted by Crippen LogP contribution is -2.05. The minimum absolute atomic E-state index is 0.228. The molecule has 1 aromatic heterocycles. The van der Waals surface area contributed by atoms with Crippen LogP contribution < -0.4 is 5.32 Å². The minimum atomic E-state index is -0.867. The standard InChI is InChI=1S/C14H19N3O2S/c1-10(2)14-16-13(17-19-14)8-15-12-7-5-4-6-11(12)9-20(3)18/h4-7,10,15H,8-9H2,1-3H3/t20-/m1/s1. The first kappa shape index (κ1) is 14.7. The highest BCUT2D eigenvalue weighted by Gasteiger charge is 2.10. The highest BCUT2D eigenvalue weighted by Crippen LogP contribution is 2.18. The molecule has 0 fully saturated rings. The van der Waals surface area contributed by atoms with E-state index in [2.05, 4.69) is 15.5 Å². The third kappa shape index (κ3) is 3.90. The Morgan fingerprint density at radius 1 is 1.35 bits per heavy atom. The molecular formula is C14H19N3O2S. The Balaban J connectivity index is 2.04. The van der Waals surface area contributed by atoms with Crippen molar-refractivity contribution in [1.29, 1.82) is 0 Å². The van der Waals surface area contributed by atoms with Crippen LogP contribution in [0.4, 0.5) is 5.69 Å².